The van der Waals surface area contributed by atoms with Crippen LogP contribution in [0.25, 0.3) is 0 Å². The summed E-state index contributed by atoms with van der Waals surface area (Å²) in [5.41, 5.74) is 2.24. The van der Waals surface area contributed by atoms with Crippen molar-refractivity contribution in [1.82, 2.24) is 9.80 Å². The zero-order valence-electron chi connectivity index (χ0n) is 21.4. The molecule has 1 saturated heterocycles. The van der Waals surface area contributed by atoms with Gasteiger partial charge in [0.05, 0.1) is 0 Å². The molecule has 2 saturated carbocycles. The molecule has 186 valence electrons. The second-order valence-corrected chi connectivity index (χ2v) is 11.1. The van der Waals surface area contributed by atoms with Gasteiger partial charge in [-0.15, -0.1) is 0 Å². The fourth-order valence-corrected chi connectivity index (χ4v) is 6.35. The molecule has 6 nitrogen and oxygen atoms in total. The van der Waals surface area contributed by atoms with E-state index in [-0.39, 0.29) is 42.3 Å². The molecule has 2 aliphatic carbocycles. The van der Waals surface area contributed by atoms with Crippen LogP contribution in [0.3, 0.4) is 0 Å². The smallest absolute Gasteiger partial charge is 0.324 e. The number of nitrogens with one attached hydrogen (secondary N) is 1. The Kier molecular flexibility index (Phi) is 7.34. The minimum absolute atomic E-state index is 0.116. The van der Waals surface area contributed by atoms with Crippen LogP contribution >= 0.6 is 0 Å². The second kappa shape index (κ2) is 10.1. The van der Waals surface area contributed by atoms with Crippen LogP contribution in [-0.4, -0.2) is 45.8 Å². The molecule has 4 amide bonds. The van der Waals surface area contributed by atoms with Gasteiger partial charge in [-0.3, -0.25) is 14.5 Å². The zero-order chi connectivity index (χ0) is 24.5. The molecule has 0 unspecified atom stereocenters. The molecule has 6 heteroatoms. The van der Waals surface area contributed by atoms with E-state index >= 15 is 0 Å². The molecular formula is C28H41N3O3. The summed E-state index contributed by atoms with van der Waals surface area (Å²) >= 11 is 0. The van der Waals surface area contributed by atoms with Crippen molar-refractivity contribution in [3.05, 3.63) is 29.3 Å². The molecule has 0 atom stereocenters. The maximum atomic E-state index is 13.8. The van der Waals surface area contributed by atoms with Gasteiger partial charge in [-0.25, -0.2) is 4.79 Å². The number of amides is 4. The van der Waals surface area contributed by atoms with E-state index in [2.05, 4.69) is 33.0 Å². The number of nitrogens with zero attached hydrogens (tertiary/aromatic N) is 2. The van der Waals surface area contributed by atoms with Gasteiger partial charge in [-0.2, -0.15) is 0 Å². The van der Waals surface area contributed by atoms with Crippen LogP contribution in [0, 0.1) is 0 Å². The number of para-hydroxylation sites is 1. The third-order valence-corrected chi connectivity index (χ3v) is 8.10. The summed E-state index contributed by atoms with van der Waals surface area (Å²) in [7, 11) is 0. The number of benzene rings is 1. The zero-order valence-corrected chi connectivity index (χ0v) is 21.4. The second-order valence-electron chi connectivity index (χ2n) is 11.1. The molecule has 0 bridgehead atoms. The standard InChI is InChI=1S/C28H41N3O3/c1-19(2)22-14-11-15-23(20(3)4)25(22)29-24(32)18-30-26(33)28(16-9-6-10-17-28)31(27(30)34)21-12-7-5-8-13-21/h11,14-15,19-21H,5-10,12-13,16-18H2,1-4H3,(H,29,32). The van der Waals surface area contributed by atoms with Crippen molar-refractivity contribution in [3.63, 3.8) is 0 Å². The third kappa shape index (κ3) is 4.48. The minimum atomic E-state index is -0.740. The largest absolute Gasteiger partial charge is 0.328 e. The molecule has 1 heterocycles. The molecule has 1 spiro atoms. The average Bonchev–Trinajstić information content (AvgIpc) is 3.01. The fraction of sp³-hybridized carbons (Fsp3) is 0.679. The number of carbonyl (C=O) groups excluding carboxylic acids is 3. The number of hydrogen-bond acceptors (Lipinski definition) is 3. The summed E-state index contributed by atoms with van der Waals surface area (Å²) in [6.07, 6.45) is 9.78. The highest BCUT2D eigenvalue weighted by Gasteiger charge is 2.59. The molecule has 1 aromatic rings. The third-order valence-electron chi connectivity index (χ3n) is 8.10. The Labute approximate surface area is 204 Å². The van der Waals surface area contributed by atoms with Crippen LogP contribution in [0.4, 0.5) is 10.5 Å². The molecule has 3 fully saturated rings. The summed E-state index contributed by atoms with van der Waals surface area (Å²) in [4.78, 5) is 43.9. The molecule has 34 heavy (non-hydrogen) atoms. The highest BCUT2D eigenvalue weighted by atomic mass is 16.2. The van der Waals surface area contributed by atoms with Crippen molar-refractivity contribution in [2.24, 2.45) is 0 Å². The number of rotatable bonds is 6. The first-order chi connectivity index (χ1) is 16.3. The first-order valence-electron chi connectivity index (χ1n) is 13.3. The summed E-state index contributed by atoms with van der Waals surface area (Å²) in [5, 5.41) is 3.09. The summed E-state index contributed by atoms with van der Waals surface area (Å²) in [6, 6.07) is 5.98. The van der Waals surface area contributed by atoms with Crippen molar-refractivity contribution in [3.8, 4) is 0 Å². The molecule has 1 aromatic carbocycles. The molecule has 4 rings (SSSR count). The van der Waals surface area contributed by atoms with Gasteiger partial charge in [0.1, 0.15) is 12.1 Å². The Morgan fingerprint density at radius 2 is 1.50 bits per heavy atom. The van der Waals surface area contributed by atoms with Gasteiger partial charge in [-0.1, -0.05) is 84.4 Å². The Morgan fingerprint density at radius 3 is 2.06 bits per heavy atom. The lowest BCUT2D eigenvalue weighted by Crippen LogP contribution is -2.55. The number of anilines is 1. The van der Waals surface area contributed by atoms with E-state index in [1.165, 1.54) is 11.3 Å². The fourth-order valence-electron chi connectivity index (χ4n) is 6.35. The summed E-state index contributed by atoms with van der Waals surface area (Å²) in [6.45, 7) is 8.22. The molecule has 0 radical (unpaired) electrons. The number of urea groups is 1. The van der Waals surface area contributed by atoms with E-state index < -0.39 is 5.54 Å². The van der Waals surface area contributed by atoms with E-state index in [0.717, 1.165) is 74.6 Å². The van der Waals surface area contributed by atoms with Gasteiger partial charge in [-0.05, 0) is 48.6 Å². The lowest BCUT2D eigenvalue weighted by Gasteiger charge is -2.43. The monoisotopic (exact) mass is 467 g/mol. The predicted molar refractivity (Wildman–Crippen MR) is 135 cm³/mol. The predicted octanol–water partition coefficient (Wildman–Crippen LogP) is 6.17. The molecule has 0 aromatic heterocycles. The molecule has 3 aliphatic rings. The van der Waals surface area contributed by atoms with Gasteiger partial charge in [0.15, 0.2) is 0 Å². The van der Waals surface area contributed by atoms with Crippen molar-refractivity contribution in [1.29, 1.82) is 0 Å². The van der Waals surface area contributed by atoms with Crippen LogP contribution in [0.5, 0.6) is 0 Å². The number of carbonyl (C=O) groups is 3. The summed E-state index contributed by atoms with van der Waals surface area (Å²) < 4.78 is 0. The van der Waals surface area contributed by atoms with Crippen LogP contribution in [0.1, 0.15) is 115 Å². The normalized spacial score (nSPS) is 21.2. The molecule has 1 aliphatic heterocycles. The van der Waals surface area contributed by atoms with Gasteiger partial charge in [0.2, 0.25) is 5.91 Å². The van der Waals surface area contributed by atoms with Gasteiger partial charge in [0, 0.05) is 11.7 Å². The number of hydrogen-bond donors (Lipinski definition) is 1. The van der Waals surface area contributed by atoms with E-state index in [4.69, 9.17) is 0 Å². The first kappa shape index (κ1) is 24.7. The first-order valence-corrected chi connectivity index (χ1v) is 13.3. The van der Waals surface area contributed by atoms with Gasteiger partial charge >= 0.3 is 6.03 Å². The van der Waals surface area contributed by atoms with Crippen LogP contribution < -0.4 is 5.32 Å². The van der Waals surface area contributed by atoms with Crippen molar-refractivity contribution >= 4 is 23.5 Å². The quantitative estimate of drug-likeness (QED) is 0.509. The van der Waals surface area contributed by atoms with E-state index in [9.17, 15) is 14.4 Å². The summed E-state index contributed by atoms with van der Waals surface area (Å²) in [5.74, 6) is 0.0417. The van der Waals surface area contributed by atoms with E-state index in [1.54, 1.807) is 0 Å². The van der Waals surface area contributed by atoms with Gasteiger partial charge in [0.25, 0.3) is 5.91 Å². The minimum Gasteiger partial charge on any atom is -0.324 e. The van der Waals surface area contributed by atoms with Gasteiger partial charge < -0.3 is 10.2 Å². The van der Waals surface area contributed by atoms with Crippen LogP contribution in [0.2, 0.25) is 0 Å². The SMILES string of the molecule is CC(C)c1cccc(C(C)C)c1NC(=O)CN1C(=O)N(C2CCCCC2)C2(CCCCC2)C1=O. The van der Waals surface area contributed by atoms with Crippen molar-refractivity contribution in [2.75, 3.05) is 11.9 Å². The number of imide groups is 1. The van der Waals surface area contributed by atoms with Crippen LogP contribution in [0.15, 0.2) is 18.2 Å². The van der Waals surface area contributed by atoms with Crippen molar-refractivity contribution in [2.45, 2.75) is 115 Å². The Balaban J connectivity index is 1.59. The Bertz CT molecular complexity index is 901. The molecule has 1 N–H and O–H groups in total. The highest BCUT2D eigenvalue weighted by Crippen LogP contribution is 2.44. The van der Waals surface area contributed by atoms with Crippen molar-refractivity contribution < 1.29 is 14.4 Å². The average molecular weight is 468 g/mol. The highest BCUT2D eigenvalue weighted by molar-refractivity contribution is 6.10. The Morgan fingerprint density at radius 1 is 0.941 bits per heavy atom. The maximum absolute atomic E-state index is 13.8. The van der Waals surface area contributed by atoms with E-state index in [1.807, 2.05) is 23.1 Å². The topological polar surface area (TPSA) is 69.7 Å². The lowest BCUT2D eigenvalue weighted by molar-refractivity contribution is -0.137. The molecular weight excluding hydrogens is 426 g/mol. The Hall–Kier alpha value is -2.37. The lowest BCUT2D eigenvalue weighted by atomic mass is 9.78. The maximum Gasteiger partial charge on any atom is 0.328 e. The van der Waals surface area contributed by atoms with E-state index in [0.29, 0.717) is 0 Å². The van der Waals surface area contributed by atoms with Crippen LogP contribution in [-0.2, 0) is 9.59 Å².